The van der Waals surface area contributed by atoms with Crippen LogP contribution in [0.2, 0.25) is 0 Å². The molecule has 0 radical (unpaired) electrons. The number of morpholine rings is 1. The maximum Gasteiger partial charge on any atom is 0.278 e. The topological polar surface area (TPSA) is 93.9 Å². The van der Waals surface area contributed by atoms with Gasteiger partial charge in [-0.25, -0.2) is 4.98 Å². The molecule has 0 bridgehead atoms. The number of rotatable bonds is 5. The van der Waals surface area contributed by atoms with E-state index in [1.807, 2.05) is 0 Å². The van der Waals surface area contributed by atoms with Gasteiger partial charge in [0.2, 0.25) is 0 Å². The quantitative estimate of drug-likeness (QED) is 0.699. The molecule has 2 heterocycles. The lowest BCUT2D eigenvalue weighted by Gasteiger charge is -2.27. The second-order valence-corrected chi connectivity index (χ2v) is 6.66. The molecule has 154 valence electrons. The lowest BCUT2D eigenvalue weighted by atomic mass is 10.0. The van der Waals surface area contributed by atoms with Crippen LogP contribution in [0.25, 0.3) is 11.3 Å². The first-order valence-corrected chi connectivity index (χ1v) is 9.52. The molecule has 8 nitrogen and oxygen atoms in total. The fraction of sp³-hybridized carbons (Fsp3) is 0.227. The second-order valence-electron chi connectivity index (χ2n) is 6.66. The number of carbonyl (C=O) groups is 2. The fourth-order valence-electron chi connectivity index (χ4n) is 3.27. The zero-order valence-electron chi connectivity index (χ0n) is 16.5. The van der Waals surface area contributed by atoms with Gasteiger partial charge in [0.25, 0.3) is 11.8 Å². The molecule has 3 aromatic rings. The van der Waals surface area contributed by atoms with E-state index in [0.29, 0.717) is 48.9 Å². The van der Waals surface area contributed by atoms with Crippen LogP contribution < -0.4 is 10.1 Å². The minimum Gasteiger partial charge on any atom is -0.497 e. The molecule has 1 fully saturated rings. The van der Waals surface area contributed by atoms with Crippen LogP contribution in [0.15, 0.2) is 59.3 Å². The van der Waals surface area contributed by atoms with Crippen molar-refractivity contribution in [2.75, 3.05) is 38.7 Å². The summed E-state index contributed by atoms with van der Waals surface area (Å²) in [5.74, 6) is 0.369. The van der Waals surface area contributed by atoms with Gasteiger partial charge in [-0.2, -0.15) is 0 Å². The molecule has 8 heteroatoms. The van der Waals surface area contributed by atoms with Crippen LogP contribution in [-0.2, 0) is 4.74 Å². The number of oxazole rings is 1. The van der Waals surface area contributed by atoms with E-state index in [1.165, 1.54) is 6.39 Å². The summed E-state index contributed by atoms with van der Waals surface area (Å²) in [4.78, 5) is 31.7. The van der Waals surface area contributed by atoms with Crippen LogP contribution in [0, 0.1) is 0 Å². The molecular weight excluding hydrogens is 386 g/mol. The predicted molar refractivity (Wildman–Crippen MR) is 110 cm³/mol. The molecule has 0 aliphatic carbocycles. The van der Waals surface area contributed by atoms with Crippen molar-refractivity contribution in [3.05, 3.63) is 66.2 Å². The Morgan fingerprint density at radius 3 is 2.53 bits per heavy atom. The highest BCUT2D eigenvalue weighted by molar-refractivity contribution is 6.08. The summed E-state index contributed by atoms with van der Waals surface area (Å²) in [7, 11) is 1.57. The lowest BCUT2D eigenvalue weighted by Crippen LogP contribution is -2.40. The maximum absolute atomic E-state index is 13.0. The van der Waals surface area contributed by atoms with Crippen molar-refractivity contribution in [2.45, 2.75) is 0 Å². The van der Waals surface area contributed by atoms with Gasteiger partial charge in [0.1, 0.15) is 5.75 Å². The normalized spacial score (nSPS) is 13.7. The number of nitrogens with one attached hydrogen (secondary N) is 1. The van der Waals surface area contributed by atoms with Gasteiger partial charge >= 0.3 is 0 Å². The van der Waals surface area contributed by atoms with Gasteiger partial charge in [-0.05, 0) is 30.3 Å². The SMILES string of the molecule is COc1ccc(NC(=O)c2ncoc2-c2ccccc2C(=O)N2CCOCC2)cc1. The number of amides is 2. The largest absolute Gasteiger partial charge is 0.497 e. The minimum absolute atomic E-state index is 0.105. The molecule has 0 saturated carbocycles. The van der Waals surface area contributed by atoms with Crippen molar-refractivity contribution in [1.82, 2.24) is 9.88 Å². The van der Waals surface area contributed by atoms with Crippen LogP contribution in [0.1, 0.15) is 20.8 Å². The molecule has 0 atom stereocenters. The summed E-state index contributed by atoms with van der Waals surface area (Å²) in [5, 5.41) is 2.79. The molecule has 1 aliphatic heterocycles. The van der Waals surface area contributed by atoms with Gasteiger partial charge in [0, 0.05) is 24.3 Å². The van der Waals surface area contributed by atoms with Crippen molar-refractivity contribution in [3.8, 4) is 17.1 Å². The molecule has 1 aromatic heterocycles. The molecule has 30 heavy (non-hydrogen) atoms. The van der Waals surface area contributed by atoms with E-state index in [0.717, 1.165) is 0 Å². The summed E-state index contributed by atoms with van der Waals surface area (Å²) in [6, 6.07) is 14.0. The Labute approximate surface area is 173 Å². The number of hydrogen-bond acceptors (Lipinski definition) is 6. The average Bonchev–Trinajstić information content (AvgIpc) is 3.30. The monoisotopic (exact) mass is 407 g/mol. The molecule has 2 amide bonds. The van der Waals surface area contributed by atoms with Gasteiger partial charge in [0.15, 0.2) is 17.8 Å². The highest BCUT2D eigenvalue weighted by atomic mass is 16.5. The first-order chi connectivity index (χ1) is 14.7. The number of carbonyl (C=O) groups excluding carboxylic acids is 2. The third-order valence-corrected chi connectivity index (χ3v) is 4.83. The van der Waals surface area contributed by atoms with Crippen molar-refractivity contribution in [1.29, 1.82) is 0 Å². The van der Waals surface area contributed by atoms with Crippen LogP contribution in [0.5, 0.6) is 5.75 Å². The van der Waals surface area contributed by atoms with Crippen LogP contribution in [-0.4, -0.2) is 55.1 Å². The Morgan fingerprint density at radius 2 is 1.80 bits per heavy atom. The number of benzene rings is 2. The van der Waals surface area contributed by atoms with Crippen molar-refractivity contribution >= 4 is 17.5 Å². The van der Waals surface area contributed by atoms with E-state index >= 15 is 0 Å². The van der Waals surface area contributed by atoms with Crippen LogP contribution >= 0.6 is 0 Å². The summed E-state index contributed by atoms with van der Waals surface area (Å²) in [6.45, 7) is 2.06. The molecule has 1 saturated heterocycles. The van der Waals surface area contributed by atoms with Crippen LogP contribution in [0.3, 0.4) is 0 Å². The summed E-state index contributed by atoms with van der Waals surface area (Å²) >= 11 is 0. The molecular formula is C22H21N3O5. The van der Waals surface area contributed by atoms with Crippen molar-refractivity contribution in [2.24, 2.45) is 0 Å². The smallest absolute Gasteiger partial charge is 0.278 e. The van der Waals surface area contributed by atoms with E-state index in [2.05, 4.69) is 10.3 Å². The number of aromatic nitrogens is 1. The van der Waals surface area contributed by atoms with E-state index in [1.54, 1.807) is 60.5 Å². The fourth-order valence-corrected chi connectivity index (χ4v) is 3.27. The molecule has 2 aromatic carbocycles. The Kier molecular flexibility index (Phi) is 5.76. The van der Waals surface area contributed by atoms with Gasteiger partial charge < -0.3 is 24.1 Å². The highest BCUT2D eigenvalue weighted by Gasteiger charge is 2.26. The Bertz CT molecular complexity index is 1040. The Morgan fingerprint density at radius 1 is 1.07 bits per heavy atom. The molecule has 0 unspecified atom stereocenters. The number of anilines is 1. The van der Waals surface area contributed by atoms with Crippen LogP contribution in [0.4, 0.5) is 5.69 Å². The number of nitrogens with zero attached hydrogens (tertiary/aromatic N) is 2. The minimum atomic E-state index is -0.433. The average molecular weight is 407 g/mol. The first kappa shape index (κ1) is 19.7. The highest BCUT2D eigenvalue weighted by Crippen LogP contribution is 2.28. The summed E-state index contributed by atoms with van der Waals surface area (Å²) < 4.78 is 16.0. The molecule has 1 N–H and O–H groups in total. The third-order valence-electron chi connectivity index (χ3n) is 4.83. The van der Waals surface area contributed by atoms with E-state index in [4.69, 9.17) is 13.9 Å². The van der Waals surface area contributed by atoms with Crippen molar-refractivity contribution in [3.63, 3.8) is 0 Å². The maximum atomic E-state index is 13.0. The standard InChI is InChI=1S/C22H21N3O5/c1-28-16-8-6-15(7-9-16)24-21(26)19-20(30-14-23-19)17-4-2-3-5-18(17)22(27)25-10-12-29-13-11-25/h2-9,14H,10-13H2,1H3,(H,24,26). The zero-order chi connectivity index (χ0) is 20.9. The van der Waals surface area contributed by atoms with E-state index in [-0.39, 0.29) is 17.4 Å². The Balaban J connectivity index is 1.61. The van der Waals surface area contributed by atoms with Crippen molar-refractivity contribution < 1.29 is 23.5 Å². The third kappa shape index (κ3) is 4.04. The lowest BCUT2D eigenvalue weighted by molar-refractivity contribution is 0.0303. The second kappa shape index (κ2) is 8.79. The van der Waals surface area contributed by atoms with Gasteiger partial charge in [-0.3, -0.25) is 9.59 Å². The van der Waals surface area contributed by atoms with Gasteiger partial charge in [-0.15, -0.1) is 0 Å². The Hall–Kier alpha value is -3.65. The summed E-state index contributed by atoms with van der Waals surface area (Å²) in [5.41, 5.74) is 1.67. The number of hydrogen-bond donors (Lipinski definition) is 1. The molecule has 0 spiro atoms. The molecule has 1 aliphatic rings. The zero-order valence-corrected chi connectivity index (χ0v) is 16.5. The van der Waals surface area contributed by atoms with E-state index < -0.39 is 5.91 Å². The molecule has 4 rings (SSSR count). The van der Waals surface area contributed by atoms with Gasteiger partial charge in [-0.1, -0.05) is 18.2 Å². The number of methoxy groups -OCH3 is 1. The van der Waals surface area contributed by atoms with E-state index in [9.17, 15) is 9.59 Å². The summed E-state index contributed by atoms with van der Waals surface area (Å²) in [6.07, 6.45) is 1.20. The first-order valence-electron chi connectivity index (χ1n) is 9.52. The predicted octanol–water partition coefficient (Wildman–Crippen LogP) is 3.07. The number of ether oxygens (including phenoxy) is 2. The van der Waals surface area contributed by atoms with Gasteiger partial charge in [0.05, 0.1) is 25.9 Å².